The summed E-state index contributed by atoms with van der Waals surface area (Å²) in [5.41, 5.74) is 1.20. The molecule has 1 N–H and O–H groups in total. The summed E-state index contributed by atoms with van der Waals surface area (Å²) < 4.78 is 6.93. The molecular formula is C15H17N7O2. The molecule has 0 spiro atoms. The van der Waals surface area contributed by atoms with Gasteiger partial charge in [-0.1, -0.05) is 10.4 Å². The molecule has 0 radical (unpaired) electrons. The quantitative estimate of drug-likeness (QED) is 0.780. The minimum atomic E-state index is 0.0408. The number of piperidine rings is 1. The van der Waals surface area contributed by atoms with Crippen LogP contribution in [0.5, 0.6) is 0 Å². The molecule has 4 rings (SSSR count). The van der Waals surface area contributed by atoms with Crippen LogP contribution in [0.15, 0.2) is 29.0 Å². The molecule has 1 amide bonds. The van der Waals surface area contributed by atoms with E-state index >= 15 is 0 Å². The Kier molecular flexibility index (Phi) is 3.60. The van der Waals surface area contributed by atoms with Crippen LogP contribution in [0.1, 0.15) is 35.2 Å². The molecule has 0 aliphatic carbocycles. The van der Waals surface area contributed by atoms with Gasteiger partial charge in [-0.3, -0.25) is 4.79 Å². The van der Waals surface area contributed by atoms with Crippen LogP contribution >= 0.6 is 0 Å². The van der Waals surface area contributed by atoms with E-state index in [0.717, 1.165) is 12.8 Å². The van der Waals surface area contributed by atoms with Crippen molar-refractivity contribution in [3.63, 3.8) is 0 Å². The second kappa shape index (κ2) is 5.91. The van der Waals surface area contributed by atoms with Gasteiger partial charge < -0.3 is 14.4 Å². The summed E-state index contributed by atoms with van der Waals surface area (Å²) in [5.74, 6) is 0.980. The van der Waals surface area contributed by atoms with E-state index in [1.165, 1.54) is 0 Å². The fraction of sp³-hybridized carbons (Fsp3) is 0.400. The zero-order valence-corrected chi connectivity index (χ0v) is 13.2. The highest BCUT2D eigenvalue weighted by Crippen LogP contribution is 2.24. The third-order valence-electron chi connectivity index (χ3n) is 4.21. The number of carbonyl (C=O) groups is 1. The molecule has 0 unspecified atom stereocenters. The van der Waals surface area contributed by atoms with Gasteiger partial charge in [0.1, 0.15) is 5.69 Å². The number of carbonyl (C=O) groups excluding carboxylic acids is 1. The molecular weight excluding hydrogens is 310 g/mol. The van der Waals surface area contributed by atoms with Crippen LogP contribution in [0.2, 0.25) is 0 Å². The Labute approximate surface area is 137 Å². The Balaban J connectivity index is 1.41. The van der Waals surface area contributed by atoms with Crippen molar-refractivity contribution in [2.75, 3.05) is 13.1 Å². The van der Waals surface area contributed by atoms with Crippen molar-refractivity contribution in [2.45, 2.75) is 25.8 Å². The van der Waals surface area contributed by atoms with Crippen LogP contribution < -0.4 is 0 Å². The van der Waals surface area contributed by atoms with E-state index in [4.69, 9.17) is 4.52 Å². The number of nitrogens with zero attached hydrogens (tertiary/aromatic N) is 6. The highest BCUT2D eigenvalue weighted by atomic mass is 16.5. The maximum Gasteiger partial charge on any atom is 0.280 e. The number of amides is 1. The first-order valence-corrected chi connectivity index (χ1v) is 7.86. The third kappa shape index (κ3) is 2.68. The maximum absolute atomic E-state index is 12.3. The first kappa shape index (κ1) is 14.6. The highest BCUT2D eigenvalue weighted by molar-refractivity contribution is 5.92. The first-order chi connectivity index (χ1) is 11.7. The largest absolute Gasteiger partial charge is 0.357 e. The number of rotatable bonds is 3. The molecule has 0 aromatic carbocycles. The van der Waals surface area contributed by atoms with Crippen LogP contribution in [0, 0.1) is 6.92 Å². The SMILES string of the molecule is Cc1noc(-c2cn(C3CCN(C(=O)c4ccc[nH]4)CC3)nn2)n1. The van der Waals surface area contributed by atoms with Crippen molar-refractivity contribution in [1.82, 2.24) is 35.0 Å². The molecule has 4 heterocycles. The van der Waals surface area contributed by atoms with Crippen molar-refractivity contribution < 1.29 is 9.32 Å². The van der Waals surface area contributed by atoms with Crippen LogP contribution in [0.4, 0.5) is 0 Å². The number of aryl methyl sites for hydroxylation is 1. The van der Waals surface area contributed by atoms with E-state index in [0.29, 0.717) is 36.2 Å². The summed E-state index contributed by atoms with van der Waals surface area (Å²) in [6.45, 7) is 3.14. The lowest BCUT2D eigenvalue weighted by Crippen LogP contribution is -2.39. The molecule has 1 fully saturated rings. The summed E-state index contributed by atoms with van der Waals surface area (Å²) >= 11 is 0. The lowest BCUT2D eigenvalue weighted by Gasteiger charge is -2.31. The highest BCUT2D eigenvalue weighted by Gasteiger charge is 2.26. The number of hydrogen-bond donors (Lipinski definition) is 1. The van der Waals surface area contributed by atoms with Crippen molar-refractivity contribution >= 4 is 5.91 Å². The zero-order chi connectivity index (χ0) is 16.5. The minimum Gasteiger partial charge on any atom is -0.357 e. The Morgan fingerprint density at radius 2 is 2.21 bits per heavy atom. The Morgan fingerprint density at radius 1 is 1.38 bits per heavy atom. The topological polar surface area (TPSA) is 106 Å². The zero-order valence-electron chi connectivity index (χ0n) is 13.2. The second-order valence-corrected chi connectivity index (χ2v) is 5.84. The van der Waals surface area contributed by atoms with E-state index < -0.39 is 0 Å². The fourth-order valence-electron chi connectivity index (χ4n) is 2.92. The number of hydrogen-bond acceptors (Lipinski definition) is 6. The first-order valence-electron chi connectivity index (χ1n) is 7.86. The van der Waals surface area contributed by atoms with Crippen molar-refractivity contribution in [3.05, 3.63) is 36.0 Å². The summed E-state index contributed by atoms with van der Waals surface area (Å²) in [4.78, 5) is 21.3. The van der Waals surface area contributed by atoms with Crippen molar-refractivity contribution in [3.8, 4) is 11.6 Å². The Bertz CT molecular complexity index is 828. The molecule has 24 heavy (non-hydrogen) atoms. The molecule has 9 heteroatoms. The van der Waals surface area contributed by atoms with Crippen LogP contribution in [-0.4, -0.2) is 54.0 Å². The molecule has 3 aromatic rings. The smallest absolute Gasteiger partial charge is 0.280 e. The lowest BCUT2D eigenvalue weighted by molar-refractivity contribution is 0.0684. The van der Waals surface area contributed by atoms with Crippen LogP contribution in [0.3, 0.4) is 0 Å². The Hall–Kier alpha value is -2.97. The standard InChI is InChI=1S/C15H17N7O2/c1-10-17-14(24-19-10)13-9-22(20-18-13)11-4-7-21(8-5-11)15(23)12-3-2-6-16-12/h2-3,6,9,11,16H,4-5,7-8H2,1H3. The molecule has 0 atom stereocenters. The van der Waals surface area contributed by atoms with Gasteiger partial charge >= 0.3 is 0 Å². The molecule has 124 valence electrons. The van der Waals surface area contributed by atoms with E-state index in [1.807, 2.05) is 21.8 Å². The summed E-state index contributed by atoms with van der Waals surface area (Å²) in [6.07, 6.45) is 5.24. The normalized spacial score (nSPS) is 15.8. The number of nitrogens with one attached hydrogen (secondary N) is 1. The second-order valence-electron chi connectivity index (χ2n) is 5.84. The fourth-order valence-corrected chi connectivity index (χ4v) is 2.92. The lowest BCUT2D eigenvalue weighted by atomic mass is 10.0. The molecule has 0 bridgehead atoms. The van der Waals surface area contributed by atoms with E-state index in [1.54, 1.807) is 19.2 Å². The molecule has 1 saturated heterocycles. The third-order valence-corrected chi connectivity index (χ3v) is 4.21. The van der Waals surface area contributed by atoms with Gasteiger partial charge in [0, 0.05) is 19.3 Å². The van der Waals surface area contributed by atoms with Gasteiger partial charge in [0.05, 0.1) is 12.2 Å². The van der Waals surface area contributed by atoms with Gasteiger partial charge in [-0.25, -0.2) is 4.68 Å². The van der Waals surface area contributed by atoms with Gasteiger partial charge in [-0.05, 0) is 31.9 Å². The van der Waals surface area contributed by atoms with Gasteiger partial charge in [0.25, 0.3) is 11.8 Å². The van der Waals surface area contributed by atoms with Crippen LogP contribution in [-0.2, 0) is 0 Å². The summed E-state index contributed by atoms with van der Waals surface area (Å²) in [6, 6.07) is 3.84. The molecule has 0 saturated carbocycles. The summed E-state index contributed by atoms with van der Waals surface area (Å²) in [7, 11) is 0. The van der Waals surface area contributed by atoms with Gasteiger partial charge in [-0.15, -0.1) is 5.10 Å². The van der Waals surface area contributed by atoms with Crippen molar-refractivity contribution in [1.29, 1.82) is 0 Å². The van der Waals surface area contributed by atoms with E-state index in [2.05, 4.69) is 25.4 Å². The molecule has 1 aliphatic heterocycles. The minimum absolute atomic E-state index is 0.0408. The maximum atomic E-state index is 12.3. The summed E-state index contributed by atoms with van der Waals surface area (Å²) in [5, 5.41) is 12.0. The number of aromatic nitrogens is 6. The average molecular weight is 327 g/mol. The predicted octanol–water partition coefficient (Wildman–Crippen LogP) is 1.44. The predicted molar refractivity (Wildman–Crippen MR) is 83.0 cm³/mol. The van der Waals surface area contributed by atoms with Gasteiger partial charge in [0.15, 0.2) is 11.5 Å². The van der Waals surface area contributed by atoms with E-state index in [9.17, 15) is 4.79 Å². The van der Waals surface area contributed by atoms with Crippen LogP contribution in [0.25, 0.3) is 11.6 Å². The van der Waals surface area contributed by atoms with Crippen molar-refractivity contribution in [2.24, 2.45) is 0 Å². The van der Waals surface area contributed by atoms with E-state index in [-0.39, 0.29) is 11.9 Å². The average Bonchev–Trinajstić information content (AvgIpc) is 3.35. The molecule has 3 aromatic heterocycles. The number of aromatic amines is 1. The molecule has 1 aliphatic rings. The number of H-pyrrole nitrogens is 1. The van der Waals surface area contributed by atoms with Gasteiger partial charge in [0.2, 0.25) is 0 Å². The monoisotopic (exact) mass is 327 g/mol. The Morgan fingerprint density at radius 3 is 2.88 bits per heavy atom. The number of likely N-dealkylation sites (tertiary alicyclic amines) is 1. The molecule has 9 nitrogen and oxygen atoms in total. The van der Waals surface area contributed by atoms with Gasteiger partial charge in [-0.2, -0.15) is 4.98 Å².